The third kappa shape index (κ3) is 3.91. The van der Waals surface area contributed by atoms with E-state index in [-0.39, 0.29) is 24.4 Å². The second-order valence-corrected chi connectivity index (χ2v) is 8.26. The Hall–Kier alpha value is -2.37. The maximum Gasteiger partial charge on any atom is 0.325 e. The lowest BCUT2D eigenvalue weighted by molar-refractivity contribution is -0.139. The highest BCUT2D eigenvalue weighted by Crippen LogP contribution is 2.30. The molecule has 0 spiro atoms. The van der Waals surface area contributed by atoms with Crippen molar-refractivity contribution >= 4 is 17.8 Å². The van der Waals surface area contributed by atoms with Crippen molar-refractivity contribution in [2.24, 2.45) is 0 Å². The zero-order chi connectivity index (χ0) is 20.5. The smallest absolute Gasteiger partial charge is 0.325 e. The van der Waals surface area contributed by atoms with Gasteiger partial charge in [-0.05, 0) is 42.7 Å². The van der Waals surface area contributed by atoms with Crippen LogP contribution in [0.1, 0.15) is 70.4 Å². The van der Waals surface area contributed by atoms with Crippen LogP contribution in [0.5, 0.6) is 0 Å². The van der Waals surface area contributed by atoms with Crippen molar-refractivity contribution in [1.29, 1.82) is 0 Å². The molecule has 6 nitrogen and oxygen atoms in total. The third-order valence-electron chi connectivity index (χ3n) is 6.05. The van der Waals surface area contributed by atoms with Gasteiger partial charge in [-0.15, -0.1) is 0 Å². The predicted octanol–water partition coefficient (Wildman–Crippen LogP) is 3.41. The molecule has 2 fully saturated rings. The number of carbonyl (C=O) groups excluding carboxylic acids is 3. The summed E-state index contributed by atoms with van der Waals surface area (Å²) in [5.74, 6) is 0.0159. The minimum Gasteiger partial charge on any atom is -0.334 e. The van der Waals surface area contributed by atoms with Gasteiger partial charge in [0.1, 0.15) is 12.1 Å². The van der Waals surface area contributed by atoms with E-state index in [1.165, 1.54) is 5.56 Å². The first-order valence-electron chi connectivity index (χ1n) is 10.3. The first-order chi connectivity index (χ1) is 13.3. The van der Waals surface area contributed by atoms with Gasteiger partial charge in [-0.2, -0.15) is 0 Å². The molecular weight excluding hydrogens is 354 g/mol. The minimum atomic E-state index is -0.867. The van der Waals surface area contributed by atoms with Crippen LogP contribution in [0.2, 0.25) is 0 Å². The standard InChI is InChI=1S/C22H31N3O3/c1-5-22(6-2)20(27)25(21(28)23-22)14-19(26)24(18-11-12-18)13-16-7-9-17(10-8-16)15(3)4/h7-10,15,18H,5-6,11-14H2,1-4H3,(H,23,28). The molecule has 2 aliphatic rings. The molecule has 1 saturated heterocycles. The van der Waals surface area contributed by atoms with E-state index >= 15 is 0 Å². The molecule has 0 atom stereocenters. The molecule has 1 aromatic carbocycles. The summed E-state index contributed by atoms with van der Waals surface area (Å²) in [6.45, 7) is 8.39. The normalized spacial score (nSPS) is 18.5. The largest absolute Gasteiger partial charge is 0.334 e. The van der Waals surface area contributed by atoms with E-state index in [0.29, 0.717) is 25.3 Å². The van der Waals surface area contributed by atoms with E-state index in [0.717, 1.165) is 23.3 Å². The summed E-state index contributed by atoms with van der Waals surface area (Å²) < 4.78 is 0. The summed E-state index contributed by atoms with van der Waals surface area (Å²) in [6, 6.07) is 8.07. The molecule has 1 aliphatic heterocycles. The molecule has 4 amide bonds. The fraction of sp³-hybridized carbons (Fsp3) is 0.591. The topological polar surface area (TPSA) is 69.7 Å². The molecule has 152 valence electrons. The van der Waals surface area contributed by atoms with Crippen LogP contribution in [-0.4, -0.2) is 45.8 Å². The Bertz CT molecular complexity index is 749. The maximum atomic E-state index is 13.0. The molecule has 1 aromatic rings. The van der Waals surface area contributed by atoms with Gasteiger partial charge in [-0.1, -0.05) is 52.0 Å². The van der Waals surface area contributed by atoms with Crippen LogP contribution in [0.3, 0.4) is 0 Å². The molecule has 1 N–H and O–H groups in total. The minimum absolute atomic E-state index is 0.165. The number of urea groups is 1. The summed E-state index contributed by atoms with van der Waals surface area (Å²) in [7, 11) is 0. The van der Waals surface area contributed by atoms with Gasteiger partial charge in [-0.25, -0.2) is 4.79 Å². The van der Waals surface area contributed by atoms with Crippen LogP contribution in [0, 0.1) is 0 Å². The number of carbonyl (C=O) groups is 3. The number of nitrogens with zero attached hydrogens (tertiary/aromatic N) is 2. The summed E-state index contributed by atoms with van der Waals surface area (Å²) in [4.78, 5) is 41.0. The molecule has 1 saturated carbocycles. The summed E-state index contributed by atoms with van der Waals surface area (Å²) in [5.41, 5.74) is 1.47. The SMILES string of the molecule is CCC1(CC)NC(=O)N(CC(=O)N(Cc2ccc(C(C)C)cc2)C2CC2)C1=O. The fourth-order valence-corrected chi connectivity index (χ4v) is 3.79. The number of nitrogens with one attached hydrogen (secondary N) is 1. The summed E-state index contributed by atoms with van der Waals surface area (Å²) in [6.07, 6.45) is 2.99. The van der Waals surface area contributed by atoms with Gasteiger partial charge in [0.05, 0.1) is 0 Å². The van der Waals surface area contributed by atoms with Gasteiger partial charge in [0.2, 0.25) is 5.91 Å². The lowest BCUT2D eigenvalue weighted by Gasteiger charge is -2.26. The average Bonchev–Trinajstić information content (AvgIpc) is 3.49. The number of imide groups is 1. The molecule has 0 aromatic heterocycles. The summed E-state index contributed by atoms with van der Waals surface area (Å²) in [5, 5.41) is 2.79. The van der Waals surface area contributed by atoms with Crippen LogP contribution in [0.15, 0.2) is 24.3 Å². The Morgan fingerprint density at radius 1 is 1.18 bits per heavy atom. The lowest BCUT2D eigenvalue weighted by Crippen LogP contribution is -2.47. The highest BCUT2D eigenvalue weighted by molar-refractivity contribution is 6.09. The Morgan fingerprint density at radius 3 is 2.25 bits per heavy atom. The monoisotopic (exact) mass is 385 g/mol. The van der Waals surface area contributed by atoms with Gasteiger partial charge in [0.25, 0.3) is 5.91 Å². The molecule has 6 heteroatoms. The van der Waals surface area contributed by atoms with Crippen molar-refractivity contribution in [1.82, 2.24) is 15.1 Å². The number of benzene rings is 1. The van der Waals surface area contributed by atoms with E-state index in [1.807, 2.05) is 18.7 Å². The second kappa shape index (κ2) is 7.94. The molecule has 1 aliphatic carbocycles. The number of amides is 4. The molecule has 1 heterocycles. The molecule has 3 rings (SSSR count). The zero-order valence-electron chi connectivity index (χ0n) is 17.3. The van der Waals surface area contributed by atoms with Crippen LogP contribution in [-0.2, 0) is 16.1 Å². The highest BCUT2D eigenvalue weighted by Gasteiger charge is 2.49. The van der Waals surface area contributed by atoms with Crippen LogP contribution >= 0.6 is 0 Å². The van der Waals surface area contributed by atoms with E-state index in [2.05, 4.69) is 43.4 Å². The lowest BCUT2D eigenvalue weighted by atomic mass is 9.93. The van der Waals surface area contributed by atoms with Crippen molar-refractivity contribution in [2.75, 3.05) is 6.54 Å². The fourth-order valence-electron chi connectivity index (χ4n) is 3.79. The van der Waals surface area contributed by atoms with Gasteiger partial charge < -0.3 is 10.2 Å². The van der Waals surface area contributed by atoms with Crippen molar-refractivity contribution in [3.05, 3.63) is 35.4 Å². The third-order valence-corrected chi connectivity index (χ3v) is 6.05. The van der Waals surface area contributed by atoms with Gasteiger partial charge in [0, 0.05) is 12.6 Å². The average molecular weight is 386 g/mol. The van der Waals surface area contributed by atoms with Crippen LogP contribution in [0.4, 0.5) is 4.79 Å². The highest BCUT2D eigenvalue weighted by atomic mass is 16.2. The molecule has 0 bridgehead atoms. The Labute approximate surface area is 167 Å². The predicted molar refractivity (Wildman–Crippen MR) is 108 cm³/mol. The van der Waals surface area contributed by atoms with Crippen LogP contribution in [0.25, 0.3) is 0 Å². The first kappa shape index (κ1) is 20.4. The number of rotatable bonds is 8. The second-order valence-electron chi connectivity index (χ2n) is 8.26. The number of hydrogen-bond acceptors (Lipinski definition) is 3. The van der Waals surface area contributed by atoms with Crippen molar-refractivity contribution in [3.63, 3.8) is 0 Å². The maximum absolute atomic E-state index is 13.0. The van der Waals surface area contributed by atoms with Gasteiger partial charge >= 0.3 is 6.03 Å². The Balaban J connectivity index is 1.70. The molecule has 0 unspecified atom stereocenters. The molecule has 0 radical (unpaired) electrons. The Morgan fingerprint density at radius 2 is 1.79 bits per heavy atom. The van der Waals surface area contributed by atoms with E-state index in [4.69, 9.17) is 0 Å². The quantitative estimate of drug-likeness (QED) is 0.697. The van der Waals surface area contributed by atoms with E-state index < -0.39 is 11.6 Å². The summed E-state index contributed by atoms with van der Waals surface area (Å²) >= 11 is 0. The van der Waals surface area contributed by atoms with Crippen molar-refractivity contribution in [2.45, 2.75) is 77.4 Å². The molecular formula is C22H31N3O3. The zero-order valence-corrected chi connectivity index (χ0v) is 17.3. The van der Waals surface area contributed by atoms with Crippen molar-refractivity contribution < 1.29 is 14.4 Å². The van der Waals surface area contributed by atoms with Gasteiger partial charge in [-0.3, -0.25) is 14.5 Å². The van der Waals surface area contributed by atoms with E-state index in [1.54, 1.807) is 0 Å². The van der Waals surface area contributed by atoms with E-state index in [9.17, 15) is 14.4 Å². The Kier molecular flexibility index (Phi) is 5.77. The molecule has 28 heavy (non-hydrogen) atoms. The first-order valence-corrected chi connectivity index (χ1v) is 10.3. The van der Waals surface area contributed by atoms with Gasteiger partial charge in [0.15, 0.2) is 0 Å². The number of hydrogen-bond donors (Lipinski definition) is 1. The van der Waals surface area contributed by atoms with Crippen LogP contribution < -0.4 is 5.32 Å². The van der Waals surface area contributed by atoms with Crippen molar-refractivity contribution in [3.8, 4) is 0 Å².